The van der Waals surface area contributed by atoms with E-state index in [-0.39, 0.29) is 5.54 Å². The first kappa shape index (κ1) is 16.8. The summed E-state index contributed by atoms with van der Waals surface area (Å²) >= 11 is 3.58. The van der Waals surface area contributed by atoms with Crippen molar-refractivity contribution >= 4 is 15.9 Å². The molecule has 1 aromatic rings. The van der Waals surface area contributed by atoms with Crippen LogP contribution >= 0.6 is 15.9 Å². The maximum absolute atomic E-state index is 5.31. The van der Waals surface area contributed by atoms with Crippen LogP contribution in [0, 0.1) is 0 Å². The molecule has 1 fully saturated rings. The van der Waals surface area contributed by atoms with E-state index in [1.807, 2.05) is 6.07 Å². The monoisotopic (exact) mass is 354 g/mol. The zero-order chi connectivity index (χ0) is 15.5. The molecule has 1 aliphatic rings. The van der Waals surface area contributed by atoms with Crippen molar-refractivity contribution in [3.05, 3.63) is 28.2 Å². The van der Waals surface area contributed by atoms with E-state index >= 15 is 0 Å². The lowest BCUT2D eigenvalue weighted by atomic mass is 9.98. The molecular weight excluding hydrogens is 328 g/mol. The van der Waals surface area contributed by atoms with Crippen molar-refractivity contribution in [2.24, 2.45) is 0 Å². The Morgan fingerprint density at radius 3 is 2.86 bits per heavy atom. The Hall–Kier alpha value is -0.580. The summed E-state index contributed by atoms with van der Waals surface area (Å²) in [6.45, 7) is 10.1. The highest BCUT2D eigenvalue weighted by atomic mass is 79.9. The van der Waals surface area contributed by atoms with E-state index in [2.05, 4.69) is 59.1 Å². The van der Waals surface area contributed by atoms with E-state index in [9.17, 15) is 0 Å². The van der Waals surface area contributed by atoms with Gasteiger partial charge >= 0.3 is 0 Å². The minimum atomic E-state index is 0.217. The van der Waals surface area contributed by atoms with Crippen LogP contribution < -0.4 is 10.1 Å². The molecule has 1 heterocycles. The Balaban J connectivity index is 2.13. The van der Waals surface area contributed by atoms with Gasteiger partial charge in [-0.3, -0.25) is 4.90 Å². The van der Waals surface area contributed by atoms with Gasteiger partial charge in [0.1, 0.15) is 5.75 Å². The lowest BCUT2D eigenvalue weighted by Gasteiger charge is -2.35. The quantitative estimate of drug-likeness (QED) is 0.889. The molecule has 0 bridgehead atoms. The molecule has 1 N–H and O–H groups in total. The smallest absolute Gasteiger partial charge is 0.133 e. The van der Waals surface area contributed by atoms with Crippen LogP contribution in [0.1, 0.15) is 39.2 Å². The molecule has 1 saturated heterocycles. The fourth-order valence-corrected chi connectivity index (χ4v) is 3.50. The van der Waals surface area contributed by atoms with Gasteiger partial charge < -0.3 is 10.1 Å². The minimum Gasteiger partial charge on any atom is -0.496 e. The van der Waals surface area contributed by atoms with Gasteiger partial charge in [0.15, 0.2) is 0 Å². The number of nitrogens with one attached hydrogen (secondary N) is 1. The molecular formula is C17H27BrN2O. The highest BCUT2D eigenvalue weighted by Gasteiger charge is 2.30. The molecule has 0 spiro atoms. The lowest BCUT2D eigenvalue weighted by molar-refractivity contribution is 0.163. The molecule has 0 aromatic heterocycles. The second kappa shape index (κ2) is 7.12. The normalized spacial score (nSPS) is 27.4. The zero-order valence-corrected chi connectivity index (χ0v) is 15.2. The van der Waals surface area contributed by atoms with Crippen LogP contribution in [-0.4, -0.2) is 36.7 Å². The number of halogens is 1. The van der Waals surface area contributed by atoms with E-state index < -0.39 is 0 Å². The van der Waals surface area contributed by atoms with Gasteiger partial charge in [0.05, 0.1) is 11.6 Å². The number of rotatable bonds is 4. The van der Waals surface area contributed by atoms with Crippen molar-refractivity contribution in [2.75, 3.05) is 20.2 Å². The van der Waals surface area contributed by atoms with Crippen molar-refractivity contribution in [2.45, 2.75) is 51.7 Å². The number of nitrogens with zero attached hydrogens (tertiary/aromatic N) is 1. The third-order valence-corrected chi connectivity index (χ3v) is 5.29. The van der Waals surface area contributed by atoms with Crippen molar-refractivity contribution in [1.29, 1.82) is 0 Å². The van der Waals surface area contributed by atoms with E-state index in [1.54, 1.807) is 7.11 Å². The van der Waals surface area contributed by atoms with Crippen molar-refractivity contribution in [3.63, 3.8) is 0 Å². The molecule has 0 aliphatic carbocycles. The van der Waals surface area contributed by atoms with E-state index in [0.717, 1.165) is 36.3 Å². The standard InChI is InChI=1S/C17H27BrN2O/c1-5-17(3)12-20(13(2)8-9-19-17)11-14-6-7-16(21-4)15(18)10-14/h6-7,10,13,19H,5,8-9,11-12H2,1-4H3. The first-order valence-electron chi connectivity index (χ1n) is 7.79. The molecule has 1 aliphatic heterocycles. The van der Waals surface area contributed by atoms with Gasteiger partial charge in [-0.2, -0.15) is 0 Å². The van der Waals surface area contributed by atoms with Gasteiger partial charge in [-0.15, -0.1) is 0 Å². The Bertz CT molecular complexity index is 480. The summed E-state index contributed by atoms with van der Waals surface area (Å²) in [5, 5.41) is 3.71. The highest BCUT2D eigenvalue weighted by molar-refractivity contribution is 9.10. The van der Waals surface area contributed by atoms with Gasteiger partial charge in [0, 0.05) is 24.7 Å². The van der Waals surface area contributed by atoms with E-state index in [1.165, 1.54) is 12.0 Å². The molecule has 1 aromatic carbocycles. The molecule has 0 saturated carbocycles. The maximum Gasteiger partial charge on any atom is 0.133 e. The van der Waals surface area contributed by atoms with Crippen LogP contribution in [0.2, 0.25) is 0 Å². The second-order valence-corrected chi connectivity index (χ2v) is 7.21. The molecule has 2 atom stereocenters. The topological polar surface area (TPSA) is 24.5 Å². The van der Waals surface area contributed by atoms with Gasteiger partial charge in [-0.1, -0.05) is 13.0 Å². The third-order valence-electron chi connectivity index (χ3n) is 4.67. The number of ether oxygens (including phenoxy) is 1. The Labute approximate surface area is 137 Å². The fraction of sp³-hybridized carbons (Fsp3) is 0.647. The highest BCUT2D eigenvalue weighted by Crippen LogP contribution is 2.27. The summed E-state index contributed by atoms with van der Waals surface area (Å²) in [5.74, 6) is 0.891. The lowest BCUT2D eigenvalue weighted by Crippen LogP contribution is -2.49. The largest absolute Gasteiger partial charge is 0.496 e. The van der Waals surface area contributed by atoms with Crippen LogP contribution in [0.4, 0.5) is 0 Å². The minimum absolute atomic E-state index is 0.217. The first-order chi connectivity index (χ1) is 9.97. The van der Waals surface area contributed by atoms with Crippen molar-refractivity contribution in [3.8, 4) is 5.75 Å². The van der Waals surface area contributed by atoms with Crippen LogP contribution in [0.15, 0.2) is 22.7 Å². The van der Waals surface area contributed by atoms with Gasteiger partial charge in [0.2, 0.25) is 0 Å². The van der Waals surface area contributed by atoms with Gasteiger partial charge in [-0.05, 0) is 66.9 Å². The number of hydrogen-bond donors (Lipinski definition) is 1. The average Bonchev–Trinajstić information content (AvgIpc) is 2.59. The number of methoxy groups -OCH3 is 1. The van der Waals surface area contributed by atoms with Crippen molar-refractivity contribution < 1.29 is 4.74 Å². The van der Waals surface area contributed by atoms with E-state index in [0.29, 0.717) is 6.04 Å². The zero-order valence-electron chi connectivity index (χ0n) is 13.6. The van der Waals surface area contributed by atoms with Gasteiger partial charge in [-0.25, -0.2) is 0 Å². The number of hydrogen-bond acceptors (Lipinski definition) is 3. The second-order valence-electron chi connectivity index (χ2n) is 6.35. The average molecular weight is 355 g/mol. The SMILES string of the molecule is CCC1(C)CN(Cc2ccc(OC)c(Br)c2)C(C)CCN1. The molecule has 21 heavy (non-hydrogen) atoms. The maximum atomic E-state index is 5.31. The fourth-order valence-electron chi connectivity index (χ4n) is 2.92. The Morgan fingerprint density at radius 2 is 2.24 bits per heavy atom. The van der Waals surface area contributed by atoms with Crippen LogP contribution in [0.3, 0.4) is 0 Å². The summed E-state index contributed by atoms with van der Waals surface area (Å²) in [6.07, 6.45) is 2.36. The Morgan fingerprint density at radius 1 is 1.48 bits per heavy atom. The van der Waals surface area contributed by atoms with Crippen LogP contribution in [0.5, 0.6) is 5.75 Å². The number of benzene rings is 1. The summed E-state index contributed by atoms with van der Waals surface area (Å²) < 4.78 is 6.34. The summed E-state index contributed by atoms with van der Waals surface area (Å²) in [4.78, 5) is 2.59. The molecule has 118 valence electrons. The first-order valence-corrected chi connectivity index (χ1v) is 8.58. The predicted molar refractivity (Wildman–Crippen MR) is 91.9 cm³/mol. The Kier molecular flexibility index (Phi) is 5.69. The third kappa shape index (κ3) is 4.21. The molecule has 0 radical (unpaired) electrons. The van der Waals surface area contributed by atoms with Crippen molar-refractivity contribution in [1.82, 2.24) is 10.2 Å². The van der Waals surface area contributed by atoms with E-state index in [4.69, 9.17) is 4.74 Å². The predicted octanol–water partition coefficient (Wildman–Crippen LogP) is 3.81. The summed E-state index contributed by atoms with van der Waals surface area (Å²) in [5.41, 5.74) is 1.55. The summed E-state index contributed by atoms with van der Waals surface area (Å²) in [6, 6.07) is 6.98. The molecule has 2 rings (SSSR count). The van der Waals surface area contributed by atoms with Crippen LogP contribution in [-0.2, 0) is 6.54 Å². The molecule has 4 heteroatoms. The van der Waals surface area contributed by atoms with Gasteiger partial charge in [0.25, 0.3) is 0 Å². The van der Waals surface area contributed by atoms with Crippen LogP contribution in [0.25, 0.3) is 0 Å². The molecule has 3 nitrogen and oxygen atoms in total. The summed E-state index contributed by atoms with van der Waals surface area (Å²) in [7, 11) is 1.70. The molecule has 0 amide bonds. The molecule has 2 unspecified atom stereocenters.